The molecule has 0 aliphatic carbocycles. The zero-order chi connectivity index (χ0) is 28.7. The number of rotatable bonds is 8. The van der Waals surface area contributed by atoms with E-state index in [1.807, 2.05) is 33.0 Å². The van der Waals surface area contributed by atoms with Crippen LogP contribution in [0.3, 0.4) is 0 Å². The average Bonchev–Trinajstić information content (AvgIpc) is 3.41. The Morgan fingerprint density at radius 1 is 1.10 bits per heavy atom. The van der Waals surface area contributed by atoms with Crippen LogP contribution in [0.4, 0.5) is 8.78 Å². The summed E-state index contributed by atoms with van der Waals surface area (Å²) in [5, 5.41) is 7.60. The van der Waals surface area contributed by atoms with Crippen LogP contribution >= 0.6 is 0 Å². The molecule has 1 aromatic carbocycles. The van der Waals surface area contributed by atoms with Gasteiger partial charge in [0.15, 0.2) is 5.65 Å². The molecule has 4 heterocycles. The molecule has 5 rings (SSSR count). The van der Waals surface area contributed by atoms with E-state index in [1.165, 1.54) is 17.7 Å². The molecule has 1 fully saturated rings. The van der Waals surface area contributed by atoms with Gasteiger partial charge in [-0.1, -0.05) is 38.1 Å². The van der Waals surface area contributed by atoms with Crippen molar-refractivity contribution in [3.05, 3.63) is 83.4 Å². The first-order valence-corrected chi connectivity index (χ1v) is 14.0. The number of alkyl halides is 2. The number of nitrogens with zero attached hydrogens (tertiary/aromatic N) is 5. The maximum atomic E-state index is 13.8. The molecule has 1 aliphatic heterocycles. The van der Waals surface area contributed by atoms with Gasteiger partial charge in [-0.2, -0.15) is 5.10 Å². The van der Waals surface area contributed by atoms with Crippen molar-refractivity contribution < 1.29 is 13.6 Å². The smallest absolute Gasteiger partial charge is 0.270 e. The van der Waals surface area contributed by atoms with Crippen LogP contribution in [0.1, 0.15) is 67.2 Å². The highest BCUT2D eigenvalue weighted by molar-refractivity contribution is 5.95. The van der Waals surface area contributed by atoms with E-state index in [0.29, 0.717) is 40.6 Å². The molecule has 7 nitrogen and oxygen atoms in total. The highest BCUT2D eigenvalue weighted by atomic mass is 19.3. The molecule has 3 aromatic heterocycles. The standard InChI is InChI=1S/C29H32F2N6O.C2H6/c1-20-25(18-34-27-16-26(35-37(20)27)23-6-3-7-24(15-23)29(2,30)31)28(38)33-12-8-21-9-13-36(14-10-21)19-22-5-4-11-32-17-22;1-2/h3-7,11,15-18,21H,8-10,12-14,19H2,1-2H3,(H,33,38);1-2H3. The van der Waals surface area contributed by atoms with Crippen LogP contribution in [0.5, 0.6) is 0 Å². The molecule has 40 heavy (non-hydrogen) atoms. The number of pyridine rings is 1. The van der Waals surface area contributed by atoms with Gasteiger partial charge in [-0.3, -0.25) is 14.7 Å². The Hall–Kier alpha value is -3.72. The average molecular weight is 549 g/mol. The lowest BCUT2D eigenvalue weighted by Gasteiger charge is -2.32. The van der Waals surface area contributed by atoms with Gasteiger partial charge in [-0.05, 0) is 62.9 Å². The number of aryl methyl sites for hydroxylation is 1. The van der Waals surface area contributed by atoms with E-state index in [-0.39, 0.29) is 11.5 Å². The molecule has 0 spiro atoms. The summed E-state index contributed by atoms with van der Waals surface area (Å²) >= 11 is 0. The van der Waals surface area contributed by atoms with E-state index in [2.05, 4.69) is 31.3 Å². The zero-order valence-corrected chi connectivity index (χ0v) is 23.7. The van der Waals surface area contributed by atoms with Gasteiger partial charge in [0.05, 0.1) is 17.0 Å². The molecule has 1 amide bonds. The van der Waals surface area contributed by atoms with Crippen molar-refractivity contribution in [3.8, 4) is 11.3 Å². The summed E-state index contributed by atoms with van der Waals surface area (Å²) in [5.74, 6) is -2.54. The maximum Gasteiger partial charge on any atom is 0.270 e. The van der Waals surface area contributed by atoms with Crippen molar-refractivity contribution >= 4 is 11.6 Å². The monoisotopic (exact) mass is 548 g/mol. The minimum Gasteiger partial charge on any atom is -0.352 e. The molecule has 1 saturated heterocycles. The molecule has 0 radical (unpaired) electrons. The summed E-state index contributed by atoms with van der Waals surface area (Å²) in [7, 11) is 0. The predicted molar refractivity (Wildman–Crippen MR) is 153 cm³/mol. The van der Waals surface area contributed by atoms with Crippen LogP contribution in [0.15, 0.2) is 61.1 Å². The minimum atomic E-state index is -2.94. The van der Waals surface area contributed by atoms with Crippen molar-refractivity contribution in [2.24, 2.45) is 5.92 Å². The number of benzene rings is 1. The number of fused-ring (bicyclic) bond motifs is 1. The van der Waals surface area contributed by atoms with Gasteiger partial charge in [-0.25, -0.2) is 18.3 Å². The van der Waals surface area contributed by atoms with Crippen LogP contribution < -0.4 is 5.32 Å². The summed E-state index contributed by atoms with van der Waals surface area (Å²) in [6.07, 6.45) is 8.44. The highest BCUT2D eigenvalue weighted by Crippen LogP contribution is 2.30. The fraction of sp³-hybridized carbons (Fsp3) is 0.419. The third kappa shape index (κ3) is 7.07. The fourth-order valence-electron chi connectivity index (χ4n) is 5.03. The number of hydrogen-bond donors (Lipinski definition) is 1. The van der Waals surface area contributed by atoms with Crippen molar-refractivity contribution in [2.75, 3.05) is 19.6 Å². The first-order valence-electron chi connectivity index (χ1n) is 14.0. The number of carbonyl (C=O) groups excluding carboxylic acids is 1. The van der Waals surface area contributed by atoms with E-state index >= 15 is 0 Å². The molecule has 0 bridgehead atoms. The normalized spacial score (nSPS) is 14.6. The SMILES string of the molecule is CC.Cc1c(C(=O)NCCC2CCN(Cc3cccnc3)CC2)cnc2cc(-c3cccc(C(C)(F)F)c3)nn12. The minimum absolute atomic E-state index is 0.0732. The Labute approximate surface area is 234 Å². The van der Waals surface area contributed by atoms with E-state index in [9.17, 15) is 13.6 Å². The highest BCUT2D eigenvalue weighted by Gasteiger charge is 2.25. The first-order chi connectivity index (χ1) is 19.3. The fourth-order valence-corrected chi connectivity index (χ4v) is 5.03. The second-order valence-electron chi connectivity index (χ2n) is 10.2. The second kappa shape index (κ2) is 13.1. The molecule has 0 saturated carbocycles. The van der Waals surface area contributed by atoms with Crippen LogP contribution in [-0.2, 0) is 12.5 Å². The summed E-state index contributed by atoms with van der Waals surface area (Å²) in [6, 6.07) is 12.0. The van der Waals surface area contributed by atoms with Gasteiger partial charge in [0.1, 0.15) is 0 Å². The quantitative estimate of drug-likeness (QED) is 0.281. The van der Waals surface area contributed by atoms with E-state index in [0.717, 1.165) is 45.8 Å². The molecule has 9 heteroatoms. The Bertz CT molecular complexity index is 1410. The lowest BCUT2D eigenvalue weighted by molar-refractivity contribution is 0.0175. The Morgan fingerprint density at radius 2 is 1.88 bits per heavy atom. The number of halogens is 2. The number of likely N-dealkylation sites (tertiary alicyclic amines) is 1. The van der Waals surface area contributed by atoms with Crippen LogP contribution in [0.2, 0.25) is 0 Å². The van der Waals surface area contributed by atoms with Gasteiger partial charge in [0.2, 0.25) is 0 Å². The molecule has 4 aromatic rings. The Morgan fingerprint density at radius 3 is 2.58 bits per heavy atom. The number of aromatic nitrogens is 4. The third-order valence-electron chi connectivity index (χ3n) is 7.31. The van der Waals surface area contributed by atoms with Crippen LogP contribution in [-0.4, -0.2) is 50.0 Å². The second-order valence-corrected chi connectivity index (χ2v) is 10.2. The summed E-state index contributed by atoms with van der Waals surface area (Å²) in [5.41, 5.74) is 3.92. The number of hydrogen-bond acceptors (Lipinski definition) is 5. The Balaban J connectivity index is 0.00000181. The van der Waals surface area contributed by atoms with Gasteiger partial charge >= 0.3 is 0 Å². The molecule has 212 valence electrons. The molecule has 1 N–H and O–H groups in total. The number of nitrogens with one attached hydrogen (secondary N) is 1. The molecule has 0 atom stereocenters. The first kappa shape index (κ1) is 29.3. The third-order valence-corrected chi connectivity index (χ3v) is 7.31. The largest absolute Gasteiger partial charge is 0.352 e. The number of piperidine rings is 1. The summed E-state index contributed by atoms with van der Waals surface area (Å²) in [6.45, 7) is 10.3. The van der Waals surface area contributed by atoms with Gasteiger partial charge in [-0.15, -0.1) is 0 Å². The predicted octanol–water partition coefficient (Wildman–Crippen LogP) is 6.27. The molecular formula is C31H38F2N6O. The summed E-state index contributed by atoms with van der Waals surface area (Å²) < 4.78 is 29.2. The number of amides is 1. The van der Waals surface area contributed by atoms with E-state index < -0.39 is 5.92 Å². The molecule has 1 aliphatic rings. The van der Waals surface area contributed by atoms with Crippen molar-refractivity contribution in [3.63, 3.8) is 0 Å². The van der Waals surface area contributed by atoms with Crippen molar-refractivity contribution in [1.29, 1.82) is 0 Å². The molecule has 0 unspecified atom stereocenters. The lowest BCUT2D eigenvalue weighted by atomic mass is 9.93. The van der Waals surface area contributed by atoms with E-state index in [4.69, 9.17) is 0 Å². The molecular weight excluding hydrogens is 510 g/mol. The lowest BCUT2D eigenvalue weighted by Crippen LogP contribution is -2.35. The van der Waals surface area contributed by atoms with Crippen molar-refractivity contribution in [2.45, 2.75) is 59.4 Å². The van der Waals surface area contributed by atoms with Gasteiger partial charge < -0.3 is 5.32 Å². The Kier molecular flexibility index (Phi) is 9.58. The van der Waals surface area contributed by atoms with Crippen LogP contribution in [0, 0.1) is 12.8 Å². The van der Waals surface area contributed by atoms with Crippen molar-refractivity contribution in [1.82, 2.24) is 29.8 Å². The van der Waals surface area contributed by atoms with Gasteiger partial charge in [0.25, 0.3) is 11.8 Å². The zero-order valence-electron chi connectivity index (χ0n) is 23.7. The maximum absolute atomic E-state index is 13.8. The number of carbonyl (C=O) groups is 1. The van der Waals surface area contributed by atoms with Crippen LogP contribution in [0.25, 0.3) is 16.9 Å². The topological polar surface area (TPSA) is 75.4 Å². The summed E-state index contributed by atoms with van der Waals surface area (Å²) in [4.78, 5) is 24.0. The van der Waals surface area contributed by atoms with Gasteiger partial charge in [0, 0.05) is 55.8 Å². The van der Waals surface area contributed by atoms with E-state index in [1.54, 1.807) is 35.1 Å².